The molecule has 0 saturated carbocycles. The third-order valence-electron chi connectivity index (χ3n) is 2.06. The van der Waals surface area contributed by atoms with Crippen LogP contribution in [0.5, 0.6) is 0 Å². The Bertz CT molecular complexity index is 137. The third-order valence-corrected chi connectivity index (χ3v) is 2.06. The van der Waals surface area contributed by atoms with E-state index in [1.54, 1.807) is 0 Å². The van der Waals surface area contributed by atoms with Gasteiger partial charge in [-0.05, 0) is 26.2 Å². The summed E-state index contributed by atoms with van der Waals surface area (Å²) in [6.07, 6.45) is 8.08. The lowest BCUT2D eigenvalue weighted by Gasteiger charge is -2.10. The van der Waals surface area contributed by atoms with Crippen molar-refractivity contribution in [2.75, 3.05) is 19.7 Å². The minimum atomic E-state index is -0.271. The third kappa shape index (κ3) is 9.71. The van der Waals surface area contributed by atoms with Crippen LogP contribution in [0.4, 0.5) is 0 Å². The molecule has 84 valence electrons. The molecule has 0 saturated heterocycles. The Morgan fingerprint density at radius 2 is 2.14 bits per heavy atom. The first kappa shape index (κ1) is 13.6. The maximum atomic E-state index is 9.47. The molecule has 0 amide bonds. The van der Waals surface area contributed by atoms with E-state index in [1.807, 2.05) is 6.92 Å². The Labute approximate surface area is 86.8 Å². The van der Waals surface area contributed by atoms with Crippen molar-refractivity contribution in [3.8, 4) is 0 Å². The van der Waals surface area contributed by atoms with E-state index in [-0.39, 0.29) is 12.7 Å². The molecule has 3 nitrogen and oxygen atoms in total. The van der Waals surface area contributed by atoms with Crippen molar-refractivity contribution < 1.29 is 10.2 Å². The van der Waals surface area contributed by atoms with Gasteiger partial charge in [-0.3, -0.25) is 0 Å². The molecule has 0 fully saturated rings. The largest absolute Gasteiger partial charge is 0.395 e. The number of aliphatic hydroxyl groups is 2. The summed E-state index contributed by atoms with van der Waals surface area (Å²) < 4.78 is 0. The molecule has 0 spiro atoms. The summed E-state index contributed by atoms with van der Waals surface area (Å²) in [5, 5.41) is 20.9. The zero-order valence-electron chi connectivity index (χ0n) is 9.08. The van der Waals surface area contributed by atoms with E-state index in [1.165, 1.54) is 0 Å². The number of hydrogen-bond acceptors (Lipinski definition) is 3. The molecule has 0 heterocycles. The molecule has 1 unspecified atom stereocenters. The van der Waals surface area contributed by atoms with E-state index in [0.29, 0.717) is 13.1 Å². The van der Waals surface area contributed by atoms with Crippen LogP contribution in [0.3, 0.4) is 0 Å². The van der Waals surface area contributed by atoms with Crippen molar-refractivity contribution in [2.45, 2.75) is 38.7 Å². The highest BCUT2D eigenvalue weighted by atomic mass is 16.3. The maximum absolute atomic E-state index is 9.47. The molecule has 0 aliphatic rings. The van der Waals surface area contributed by atoms with Crippen LogP contribution in [0.15, 0.2) is 12.2 Å². The SMILES string of the molecule is C/C=C/CCCCC(O)CNCCO. The standard InChI is InChI=1S/C11H23NO2/c1-2-3-4-5-6-7-11(14)10-12-8-9-13/h2-3,11-14H,4-10H2,1H3/b3-2+. The topological polar surface area (TPSA) is 52.5 Å². The molecule has 3 heteroatoms. The van der Waals surface area contributed by atoms with Crippen LogP contribution in [0, 0.1) is 0 Å². The number of rotatable bonds is 9. The minimum Gasteiger partial charge on any atom is -0.395 e. The van der Waals surface area contributed by atoms with Crippen LogP contribution >= 0.6 is 0 Å². The van der Waals surface area contributed by atoms with Gasteiger partial charge in [-0.1, -0.05) is 18.6 Å². The van der Waals surface area contributed by atoms with E-state index in [9.17, 15) is 5.11 Å². The summed E-state index contributed by atoms with van der Waals surface area (Å²) in [6.45, 7) is 3.31. The normalized spacial score (nSPS) is 13.6. The Hall–Kier alpha value is -0.380. The summed E-state index contributed by atoms with van der Waals surface area (Å²) in [5.41, 5.74) is 0. The molecule has 0 aliphatic heterocycles. The molecule has 0 aromatic rings. The lowest BCUT2D eigenvalue weighted by Crippen LogP contribution is -2.28. The van der Waals surface area contributed by atoms with Crippen LogP contribution in [0.25, 0.3) is 0 Å². The van der Waals surface area contributed by atoms with Gasteiger partial charge in [0, 0.05) is 13.1 Å². The van der Waals surface area contributed by atoms with Crippen molar-refractivity contribution >= 4 is 0 Å². The molecule has 0 aromatic carbocycles. The molecule has 0 rings (SSSR count). The van der Waals surface area contributed by atoms with Crippen molar-refractivity contribution in [3.63, 3.8) is 0 Å². The van der Waals surface area contributed by atoms with E-state index >= 15 is 0 Å². The predicted octanol–water partition coefficient (Wildman–Crippen LogP) is 1.07. The molecule has 3 N–H and O–H groups in total. The first-order chi connectivity index (χ1) is 6.81. The number of hydrogen-bond donors (Lipinski definition) is 3. The van der Waals surface area contributed by atoms with Crippen LogP contribution in [0.1, 0.15) is 32.6 Å². The summed E-state index contributed by atoms with van der Waals surface area (Å²) in [7, 11) is 0. The van der Waals surface area contributed by atoms with Gasteiger partial charge in [0.25, 0.3) is 0 Å². The molecule has 14 heavy (non-hydrogen) atoms. The Kier molecular flexibility index (Phi) is 10.4. The summed E-state index contributed by atoms with van der Waals surface area (Å²) in [6, 6.07) is 0. The monoisotopic (exact) mass is 201 g/mol. The second kappa shape index (κ2) is 10.7. The second-order valence-electron chi connectivity index (χ2n) is 3.44. The van der Waals surface area contributed by atoms with E-state index in [0.717, 1.165) is 25.7 Å². The highest BCUT2D eigenvalue weighted by molar-refractivity contribution is 4.76. The maximum Gasteiger partial charge on any atom is 0.0664 e. The molecule has 1 atom stereocenters. The van der Waals surface area contributed by atoms with Crippen molar-refractivity contribution in [1.29, 1.82) is 0 Å². The Balaban J connectivity index is 3.13. The van der Waals surface area contributed by atoms with Crippen LogP contribution in [-0.2, 0) is 0 Å². The highest BCUT2D eigenvalue weighted by Crippen LogP contribution is 2.03. The van der Waals surface area contributed by atoms with Gasteiger partial charge < -0.3 is 15.5 Å². The lowest BCUT2D eigenvalue weighted by molar-refractivity contribution is 0.155. The van der Waals surface area contributed by atoms with Crippen molar-refractivity contribution in [3.05, 3.63) is 12.2 Å². The molecule has 0 bridgehead atoms. The van der Waals surface area contributed by atoms with Gasteiger partial charge in [-0.25, -0.2) is 0 Å². The van der Waals surface area contributed by atoms with Gasteiger partial charge in [-0.2, -0.15) is 0 Å². The van der Waals surface area contributed by atoms with Crippen molar-refractivity contribution in [1.82, 2.24) is 5.32 Å². The molecule has 0 aliphatic carbocycles. The van der Waals surface area contributed by atoms with Gasteiger partial charge in [0.05, 0.1) is 12.7 Å². The fraction of sp³-hybridized carbons (Fsp3) is 0.818. The first-order valence-corrected chi connectivity index (χ1v) is 5.42. The number of allylic oxidation sites excluding steroid dienone is 2. The molecule has 0 radical (unpaired) electrons. The number of unbranched alkanes of at least 4 members (excludes halogenated alkanes) is 2. The second-order valence-corrected chi connectivity index (χ2v) is 3.44. The smallest absolute Gasteiger partial charge is 0.0664 e. The van der Waals surface area contributed by atoms with Crippen LogP contribution < -0.4 is 5.32 Å². The van der Waals surface area contributed by atoms with E-state index < -0.39 is 0 Å². The van der Waals surface area contributed by atoms with Crippen LogP contribution in [-0.4, -0.2) is 36.0 Å². The zero-order chi connectivity index (χ0) is 10.6. The first-order valence-electron chi connectivity index (χ1n) is 5.42. The summed E-state index contributed by atoms with van der Waals surface area (Å²) >= 11 is 0. The Morgan fingerprint density at radius 1 is 1.36 bits per heavy atom. The van der Waals surface area contributed by atoms with Gasteiger partial charge in [-0.15, -0.1) is 0 Å². The molecular weight excluding hydrogens is 178 g/mol. The lowest BCUT2D eigenvalue weighted by atomic mass is 10.1. The molecule has 0 aromatic heterocycles. The van der Waals surface area contributed by atoms with Gasteiger partial charge in [0.1, 0.15) is 0 Å². The number of nitrogens with one attached hydrogen (secondary N) is 1. The van der Waals surface area contributed by atoms with Gasteiger partial charge >= 0.3 is 0 Å². The number of aliphatic hydroxyl groups excluding tert-OH is 2. The predicted molar refractivity (Wildman–Crippen MR) is 59.2 cm³/mol. The summed E-state index contributed by atoms with van der Waals surface area (Å²) in [5.74, 6) is 0. The quantitative estimate of drug-likeness (QED) is 0.386. The average molecular weight is 201 g/mol. The fourth-order valence-electron chi connectivity index (χ4n) is 1.26. The van der Waals surface area contributed by atoms with Gasteiger partial charge in [0.15, 0.2) is 0 Å². The van der Waals surface area contributed by atoms with Gasteiger partial charge in [0.2, 0.25) is 0 Å². The summed E-state index contributed by atoms with van der Waals surface area (Å²) in [4.78, 5) is 0. The minimum absolute atomic E-state index is 0.133. The Morgan fingerprint density at radius 3 is 2.79 bits per heavy atom. The highest BCUT2D eigenvalue weighted by Gasteiger charge is 2.01. The van der Waals surface area contributed by atoms with Crippen molar-refractivity contribution in [2.24, 2.45) is 0 Å². The van der Waals surface area contributed by atoms with Crippen LogP contribution in [0.2, 0.25) is 0 Å². The fourth-order valence-corrected chi connectivity index (χ4v) is 1.26. The average Bonchev–Trinajstić information content (AvgIpc) is 2.18. The zero-order valence-corrected chi connectivity index (χ0v) is 9.08. The van der Waals surface area contributed by atoms with E-state index in [4.69, 9.17) is 5.11 Å². The van der Waals surface area contributed by atoms with E-state index in [2.05, 4.69) is 17.5 Å². The molecular formula is C11H23NO2.